The van der Waals surface area contributed by atoms with E-state index in [1.54, 1.807) is 17.6 Å². The van der Waals surface area contributed by atoms with Gasteiger partial charge in [0.25, 0.3) is 0 Å². The molecule has 1 amide bonds. The van der Waals surface area contributed by atoms with Crippen LogP contribution in [0.2, 0.25) is 0 Å². The first-order valence-electron chi connectivity index (χ1n) is 13.0. The quantitative estimate of drug-likeness (QED) is 0.222. The molecule has 3 N–H and O–H groups in total. The van der Waals surface area contributed by atoms with Gasteiger partial charge in [0, 0.05) is 41.7 Å². The predicted molar refractivity (Wildman–Crippen MR) is 143 cm³/mol. The monoisotopic (exact) mass is 491 g/mol. The second-order valence-corrected chi connectivity index (χ2v) is 9.88. The Bertz CT molecular complexity index is 1220. The molecule has 0 saturated carbocycles. The van der Waals surface area contributed by atoms with Gasteiger partial charge in [-0.1, -0.05) is 30.7 Å². The first-order valence-corrected chi connectivity index (χ1v) is 13.0. The highest BCUT2D eigenvalue weighted by Gasteiger charge is 2.22. The number of carbonyl (C=O) groups is 1. The van der Waals surface area contributed by atoms with Gasteiger partial charge < -0.3 is 14.6 Å². The highest BCUT2D eigenvalue weighted by atomic mass is 16.5. The lowest BCUT2D eigenvalue weighted by molar-refractivity contribution is -0.133. The fourth-order valence-corrected chi connectivity index (χ4v) is 5.17. The fourth-order valence-electron chi connectivity index (χ4n) is 5.17. The zero-order valence-electron chi connectivity index (χ0n) is 21.3. The van der Waals surface area contributed by atoms with E-state index in [1.165, 1.54) is 18.5 Å². The van der Waals surface area contributed by atoms with Crippen molar-refractivity contribution in [1.29, 1.82) is 0 Å². The van der Waals surface area contributed by atoms with Gasteiger partial charge in [0.15, 0.2) is 0 Å². The van der Waals surface area contributed by atoms with Crippen molar-refractivity contribution in [2.24, 2.45) is 5.92 Å². The topological polar surface area (TPSA) is 94.8 Å². The molecule has 1 aliphatic rings. The van der Waals surface area contributed by atoms with Crippen molar-refractivity contribution in [2.75, 3.05) is 24.5 Å². The van der Waals surface area contributed by atoms with Crippen LogP contribution in [0.15, 0.2) is 57.7 Å². The molecule has 1 aromatic heterocycles. The molecule has 2 aromatic carbocycles. The summed E-state index contributed by atoms with van der Waals surface area (Å²) in [6.07, 6.45) is 4.87. The maximum absolute atomic E-state index is 12.6. The molecular formula is C29H37N3O4. The second kappa shape index (κ2) is 12.2. The Kier molecular flexibility index (Phi) is 8.78. The zero-order chi connectivity index (χ0) is 25.5. The molecule has 1 saturated heterocycles. The minimum Gasteiger partial charge on any atom is -0.423 e. The normalized spacial score (nSPS) is 16.6. The number of hydrogen-bond acceptors (Lipinski definition) is 6. The van der Waals surface area contributed by atoms with E-state index >= 15 is 0 Å². The molecule has 2 unspecified atom stereocenters. The Morgan fingerprint density at radius 1 is 1.22 bits per heavy atom. The molecule has 3 aromatic rings. The number of carbonyl (C=O) groups excluding carboxylic acids is 1. The number of fused-ring (bicyclic) bond motifs is 1. The van der Waals surface area contributed by atoms with Crippen LogP contribution >= 0.6 is 0 Å². The molecule has 0 aliphatic carbocycles. The van der Waals surface area contributed by atoms with E-state index in [1.807, 2.05) is 19.1 Å². The molecule has 0 bridgehead atoms. The van der Waals surface area contributed by atoms with Gasteiger partial charge in [0.1, 0.15) is 5.58 Å². The standard InChI is InChI=1S/C29H37N3O4/c1-3-15-32(26-5-4-14-30-19-26)25-11-8-21(9-12-25)7-10-22(28(33)31-35)17-24-18-23-16-20(2)6-13-27(23)36-29(24)34/h6,8-9,11-13,16,18,22,26,30,35H,3-5,7,10,14-15,17,19H2,1-2H3,(H,31,33). The molecule has 2 heterocycles. The summed E-state index contributed by atoms with van der Waals surface area (Å²) in [5.74, 6) is -1.04. The maximum atomic E-state index is 12.6. The number of anilines is 1. The SMILES string of the molecule is CCCN(c1ccc(CCC(Cc2cc3cc(C)ccc3oc2=O)C(=O)NO)cc1)C1CCCNC1. The van der Waals surface area contributed by atoms with E-state index in [2.05, 4.69) is 41.4 Å². The molecule has 2 atom stereocenters. The van der Waals surface area contributed by atoms with Crippen molar-refractivity contribution >= 4 is 22.6 Å². The number of hydrogen-bond donors (Lipinski definition) is 3. The summed E-state index contributed by atoms with van der Waals surface area (Å²) in [4.78, 5) is 27.5. The van der Waals surface area contributed by atoms with Crippen molar-refractivity contribution in [3.63, 3.8) is 0 Å². The minimum atomic E-state index is -0.551. The number of piperidine rings is 1. The number of amides is 1. The summed E-state index contributed by atoms with van der Waals surface area (Å²) in [6, 6.07) is 16.5. The summed E-state index contributed by atoms with van der Waals surface area (Å²) >= 11 is 0. The summed E-state index contributed by atoms with van der Waals surface area (Å²) in [6.45, 7) is 7.32. The largest absolute Gasteiger partial charge is 0.423 e. The molecule has 4 rings (SSSR count). The molecular weight excluding hydrogens is 454 g/mol. The van der Waals surface area contributed by atoms with Gasteiger partial charge in [-0.15, -0.1) is 0 Å². The third-order valence-electron chi connectivity index (χ3n) is 7.13. The van der Waals surface area contributed by atoms with Crippen LogP contribution in [0.3, 0.4) is 0 Å². The van der Waals surface area contributed by atoms with Gasteiger partial charge >= 0.3 is 5.63 Å². The van der Waals surface area contributed by atoms with Crippen LogP contribution in [0.5, 0.6) is 0 Å². The molecule has 1 fully saturated rings. The lowest BCUT2D eigenvalue weighted by Gasteiger charge is -2.36. The van der Waals surface area contributed by atoms with Crippen LogP contribution in [-0.4, -0.2) is 36.8 Å². The van der Waals surface area contributed by atoms with Crippen molar-refractivity contribution in [2.45, 2.75) is 58.4 Å². The third-order valence-corrected chi connectivity index (χ3v) is 7.13. The van der Waals surface area contributed by atoms with Crippen LogP contribution in [-0.2, 0) is 17.6 Å². The number of nitrogens with zero attached hydrogens (tertiary/aromatic N) is 1. The Morgan fingerprint density at radius 3 is 2.72 bits per heavy atom. The van der Waals surface area contributed by atoms with E-state index < -0.39 is 17.5 Å². The van der Waals surface area contributed by atoms with Crippen molar-refractivity contribution < 1.29 is 14.4 Å². The lowest BCUT2D eigenvalue weighted by atomic mass is 9.92. The predicted octanol–water partition coefficient (Wildman–Crippen LogP) is 4.37. The second-order valence-electron chi connectivity index (χ2n) is 9.88. The zero-order valence-corrected chi connectivity index (χ0v) is 21.3. The summed E-state index contributed by atoms with van der Waals surface area (Å²) in [5, 5.41) is 13.7. The van der Waals surface area contributed by atoms with Crippen LogP contribution < -0.4 is 21.3 Å². The molecule has 7 heteroatoms. The number of rotatable bonds is 10. The fraction of sp³-hybridized carbons (Fsp3) is 0.448. The number of benzene rings is 2. The highest BCUT2D eigenvalue weighted by molar-refractivity contribution is 5.79. The van der Waals surface area contributed by atoms with Crippen LogP contribution in [0, 0.1) is 12.8 Å². The van der Waals surface area contributed by atoms with Crippen molar-refractivity contribution in [1.82, 2.24) is 10.8 Å². The molecule has 36 heavy (non-hydrogen) atoms. The molecule has 7 nitrogen and oxygen atoms in total. The van der Waals surface area contributed by atoms with E-state index in [0.717, 1.165) is 42.6 Å². The Morgan fingerprint density at radius 2 is 2.03 bits per heavy atom. The van der Waals surface area contributed by atoms with E-state index in [-0.39, 0.29) is 6.42 Å². The maximum Gasteiger partial charge on any atom is 0.339 e. The summed E-state index contributed by atoms with van der Waals surface area (Å²) in [7, 11) is 0. The first-order chi connectivity index (χ1) is 17.5. The van der Waals surface area contributed by atoms with Crippen LogP contribution in [0.25, 0.3) is 11.0 Å². The van der Waals surface area contributed by atoms with Gasteiger partial charge in [-0.2, -0.15) is 0 Å². The highest BCUT2D eigenvalue weighted by Crippen LogP contribution is 2.24. The molecule has 0 spiro atoms. The average Bonchev–Trinajstić information content (AvgIpc) is 2.90. The van der Waals surface area contributed by atoms with Gasteiger partial charge in [-0.25, -0.2) is 10.3 Å². The first kappa shape index (κ1) is 25.9. The number of nitrogens with one attached hydrogen (secondary N) is 2. The average molecular weight is 492 g/mol. The Labute approximate surface area is 212 Å². The molecule has 0 radical (unpaired) electrons. The molecule has 192 valence electrons. The third kappa shape index (κ3) is 6.33. The lowest BCUT2D eigenvalue weighted by Crippen LogP contribution is -2.46. The van der Waals surface area contributed by atoms with Gasteiger partial charge in [0.05, 0.1) is 0 Å². The Balaban J connectivity index is 1.45. The van der Waals surface area contributed by atoms with Crippen LogP contribution in [0.4, 0.5) is 5.69 Å². The Hall–Kier alpha value is -3.16. The van der Waals surface area contributed by atoms with E-state index in [9.17, 15) is 14.8 Å². The molecule has 1 aliphatic heterocycles. The number of aryl methyl sites for hydroxylation is 2. The summed E-state index contributed by atoms with van der Waals surface area (Å²) < 4.78 is 5.47. The van der Waals surface area contributed by atoms with E-state index in [0.29, 0.717) is 30.0 Å². The van der Waals surface area contributed by atoms with Crippen molar-refractivity contribution in [3.8, 4) is 0 Å². The smallest absolute Gasteiger partial charge is 0.339 e. The summed E-state index contributed by atoms with van der Waals surface area (Å²) in [5.41, 5.74) is 5.70. The van der Waals surface area contributed by atoms with Crippen molar-refractivity contribution in [3.05, 3.63) is 75.6 Å². The van der Waals surface area contributed by atoms with Crippen LogP contribution in [0.1, 0.15) is 49.3 Å². The minimum absolute atomic E-state index is 0.204. The van der Waals surface area contributed by atoms with Gasteiger partial charge in [0.2, 0.25) is 5.91 Å². The van der Waals surface area contributed by atoms with Gasteiger partial charge in [-0.05, 0) is 87.9 Å². The van der Waals surface area contributed by atoms with Gasteiger partial charge in [-0.3, -0.25) is 10.0 Å². The number of hydroxylamine groups is 1. The van der Waals surface area contributed by atoms with E-state index in [4.69, 9.17) is 4.42 Å².